The largest absolute Gasteiger partial charge is 0.469 e. The van der Waals surface area contributed by atoms with Gasteiger partial charge in [0.1, 0.15) is 5.58 Å². The summed E-state index contributed by atoms with van der Waals surface area (Å²) in [5.74, 6) is 0. The number of nitrogens with one attached hydrogen (secondary N) is 1. The molecule has 2 heterocycles. The maximum atomic E-state index is 7.36. The number of hydrogen-bond donors (Lipinski definition) is 1. The second-order valence-corrected chi connectivity index (χ2v) is 22.7. The highest BCUT2D eigenvalue weighted by Crippen LogP contribution is 2.54. The maximum Gasteiger partial charge on any atom is 0.244 e. The lowest BCUT2D eigenvalue weighted by Gasteiger charge is -2.43. The number of aryl methyl sites for hydroxylation is 1. The highest BCUT2D eigenvalue weighted by Gasteiger charge is 2.42. The van der Waals surface area contributed by atoms with Crippen molar-refractivity contribution in [1.29, 1.82) is 0 Å². The van der Waals surface area contributed by atoms with Gasteiger partial charge >= 0.3 is 0 Å². The first-order valence-electron chi connectivity index (χ1n) is 24.6. The van der Waals surface area contributed by atoms with Crippen molar-refractivity contribution >= 4 is 79.4 Å². The molecule has 332 valence electrons. The molecule has 9 aromatic rings. The smallest absolute Gasteiger partial charge is 0.244 e. The van der Waals surface area contributed by atoms with E-state index in [2.05, 4.69) is 218 Å². The minimum atomic E-state index is 0.0363. The van der Waals surface area contributed by atoms with Crippen LogP contribution in [0.3, 0.4) is 0 Å². The van der Waals surface area contributed by atoms with Gasteiger partial charge in [-0.3, -0.25) is 0 Å². The van der Waals surface area contributed by atoms with Crippen LogP contribution in [0.5, 0.6) is 0 Å². The molecule has 2 aliphatic carbocycles. The summed E-state index contributed by atoms with van der Waals surface area (Å²) in [5.41, 5.74) is 21.3. The second kappa shape index (κ2) is 14.7. The van der Waals surface area contributed by atoms with Crippen molar-refractivity contribution < 1.29 is 4.42 Å². The molecule has 1 aromatic heterocycles. The van der Waals surface area contributed by atoms with Crippen LogP contribution in [-0.4, -0.2) is 7.28 Å². The Kier molecular flexibility index (Phi) is 9.21. The Balaban J connectivity index is 1.15. The standard InChI is InChI=1S/C63H61BN2O/c1-38-33-48-50(62(6,7)31-29-60(48,2)3)36-53(38)66-57-45-22-16-14-20-42(45)34-47(56(57)64-59-58(66)46-35-49-51(37-54(46)67-59)63(8,9)32-30-61(49,4)5)55-44-21-15-13-19-41(44)25-28-52(55)65-43-26-23-40(24-27-43)39-17-11-10-12-18-39/h10-28,33-37,64-65H,29-32H2,1-9H3. The molecule has 0 spiro atoms. The molecule has 1 aliphatic heterocycles. The fourth-order valence-electron chi connectivity index (χ4n) is 12.3. The van der Waals surface area contributed by atoms with E-state index in [4.69, 9.17) is 4.42 Å². The van der Waals surface area contributed by atoms with Crippen LogP contribution in [0, 0.1) is 6.92 Å². The molecule has 3 nitrogen and oxygen atoms in total. The zero-order valence-corrected chi connectivity index (χ0v) is 40.7. The Labute approximate surface area is 397 Å². The van der Waals surface area contributed by atoms with Crippen LogP contribution in [0.15, 0.2) is 150 Å². The fraction of sp³-hybridized carbons (Fsp3) is 0.270. The quantitative estimate of drug-likeness (QED) is 0.175. The van der Waals surface area contributed by atoms with Crippen molar-refractivity contribution in [2.24, 2.45) is 0 Å². The van der Waals surface area contributed by atoms with Crippen LogP contribution in [-0.2, 0) is 21.7 Å². The highest BCUT2D eigenvalue weighted by molar-refractivity contribution is 6.73. The van der Waals surface area contributed by atoms with E-state index in [1.807, 2.05) is 0 Å². The van der Waals surface area contributed by atoms with Crippen molar-refractivity contribution in [1.82, 2.24) is 0 Å². The SMILES string of the molecule is Cc1cc2c(cc1N1c3c(c(-c4c(Nc5ccc(-c6ccccc6)cc5)ccc5ccccc45)cc4ccccc34)Bc3oc4cc5c(cc4c31)C(C)(C)CCC5(C)C)C(C)(C)CCC2(C)C. The third-order valence-corrected chi connectivity index (χ3v) is 16.5. The molecule has 0 atom stereocenters. The van der Waals surface area contributed by atoms with Crippen molar-refractivity contribution in [2.75, 3.05) is 10.2 Å². The molecule has 4 heteroatoms. The monoisotopic (exact) mass is 872 g/mol. The number of anilines is 5. The first kappa shape index (κ1) is 41.9. The molecular formula is C63H61BN2O. The van der Waals surface area contributed by atoms with Crippen molar-refractivity contribution in [2.45, 2.75) is 110 Å². The minimum absolute atomic E-state index is 0.0363. The van der Waals surface area contributed by atoms with Crippen LogP contribution in [0.1, 0.15) is 109 Å². The van der Waals surface area contributed by atoms with E-state index in [1.54, 1.807) is 0 Å². The van der Waals surface area contributed by atoms with E-state index in [1.165, 1.54) is 106 Å². The Hall–Kier alpha value is -6.52. The fourth-order valence-corrected chi connectivity index (χ4v) is 12.3. The summed E-state index contributed by atoms with van der Waals surface area (Å²) in [4.78, 5) is 2.66. The van der Waals surface area contributed by atoms with Crippen LogP contribution < -0.4 is 21.3 Å². The number of hydrogen-bond acceptors (Lipinski definition) is 3. The summed E-state index contributed by atoms with van der Waals surface area (Å²) in [7, 11) is 0.671. The van der Waals surface area contributed by atoms with Gasteiger partial charge in [-0.1, -0.05) is 159 Å². The predicted octanol–water partition coefficient (Wildman–Crippen LogP) is 16.0. The molecule has 0 fully saturated rings. The lowest BCUT2D eigenvalue weighted by Crippen LogP contribution is -2.41. The number of nitrogens with zero attached hydrogens (tertiary/aromatic N) is 1. The topological polar surface area (TPSA) is 28.4 Å². The van der Waals surface area contributed by atoms with Crippen LogP contribution in [0.2, 0.25) is 0 Å². The summed E-state index contributed by atoms with van der Waals surface area (Å²) in [6, 6.07) is 54.6. The third kappa shape index (κ3) is 6.61. The third-order valence-electron chi connectivity index (χ3n) is 16.5. The average molecular weight is 873 g/mol. The van der Waals surface area contributed by atoms with Gasteiger partial charge in [0, 0.05) is 39.1 Å². The summed E-state index contributed by atoms with van der Waals surface area (Å²) in [6.45, 7) is 21.9. The molecule has 1 N–H and O–H groups in total. The maximum absolute atomic E-state index is 7.36. The van der Waals surface area contributed by atoms with Crippen LogP contribution in [0.4, 0.5) is 28.4 Å². The lowest BCUT2D eigenvalue weighted by molar-refractivity contribution is 0.332. The molecule has 8 aromatic carbocycles. The summed E-state index contributed by atoms with van der Waals surface area (Å²) >= 11 is 0. The summed E-state index contributed by atoms with van der Waals surface area (Å²) in [6.07, 6.45) is 4.65. The molecule has 0 saturated carbocycles. The van der Waals surface area contributed by atoms with E-state index in [-0.39, 0.29) is 21.7 Å². The molecule has 12 rings (SSSR count). The molecule has 67 heavy (non-hydrogen) atoms. The Bertz CT molecular complexity index is 3480. The van der Waals surface area contributed by atoms with Crippen molar-refractivity contribution in [3.05, 3.63) is 173 Å². The molecule has 3 aliphatic rings. The predicted molar refractivity (Wildman–Crippen MR) is 288 cm³/mol. The van der Waals surface area contributed by atoms with Gasteiger partial charge in [-0.05, 0) is 163 Å². The first-order chi connectivity index (χ1) is 32.1. The van der Waals surface area contributed by atoms with Gasteiger partial charge in [0.05, 0.1) is 11.3 Å². The van der Waals surface area contributed by atoms with E-state index in [9.17, 15) is 0 Å². The van der Waals surface area contributed by atoms with Gasteiger partial charge < -0.3 is 14.6 Å². The van der Waals surface area contributed by atoms with E-state index in [0.717, 1.165) is 41.9 Å². The Morgan fingerprint density at radius 3 is 1.76 bits per heavy atom. The molecule has 0 bridgehead atoms. The van der Waals surface area contributed by atoms with Crippen LogP contribution >= 0.6 is 0 Å². The molecule has 0 saturated heterocycles. The highest BCUT2D eigenvalue weighted by atomic mass is 16.3. The molecule has 0 amide bonds. The van der Waals surface area contributed by atoms with Crippen molar-refractivity contribution in [3.63, 3.8) is 0 Å². The molecular weight excluding hydrogens is 812 g/mol. The van der Waals surface area contributed by atoms with Gasteiger partial charge in [0.15, 0.2) is 0 Å². The van der Waals surface area contributed by atoms with Gasteiger partial charge in [-0.25, -0.2) is 0 Å². The van der Waals surface area contributed by atoms with Gasteiger partial charge in [-0.2, -0.15) is 0 Å². The van der Waals surface area contributed by atoms with Crippen molar-refractivity contribution in [3.8, 4) is 22.3 Å². The average Bonchev–Trinajstić information content (AvgIpc) is 3.68. The van der Waals surface area contributed by atoms with Crippen LogP contribution in [0.25, 0.3) is 54.8 Å². The second-order valence-electron chi connectivity index (χ2n) is 22.7. The number of rotatable bonds is 5. The number of furan rings is 1. The van der Waals surface area contributed by atoms with E-state index < -0.39 is 0 Å². The van der Waals surface area contributed by atoms with E-state index >= 15 is 0 Å². The number of benzene rings is 8. The number of fused-ring (bicyclic) bond motifs is 9. The van der Waals surface area contributed by atoms with Gasteiger partial charge in [0.25, 0.3) is 0 Å². The summed E-state index contributed by atoms with van der Waals surface area (Å²) < 4.78 is 7.36. The van der Waals surface area contributed by atoms with Gasteiger partial charge in [-0.15, -0.1) is 0 Å². The molecule has 0 radical (unpaired) electrons. The Morgan fingerprint density at radius 1 is 0.507 bits per heavy atom. The first-order valence-corrected chi connectivity index (χ1v) is 24.6. The summed E-state index contributed by atoms with van der Waals surface area (Å²) in [5, 5.41) is 10.1. The van der Waals surface area contributed by atoms with E-state index in [0.29, 0.717) is 7.28 Å². The Morgan fingerprint density at radius 2 is 1.07 bits per heavy atom. The zero-order valence-electron chi connectivity index (χ0n) is 40.7. The normalized spacial score (nSPS) is 17.4. The minimum Gasteiger partial charge on any atom is -0.469 e. The van der Waals surface area contributed by atoms with Gasteiger partial charge in [0.2, 0.25) is 7.28 Å². The zero-order chi connectivity index (χ0) is 46.2. The lowest BCUT2D eigenvalue weighted by atomic mass is 9.60. The molecule has 0 unspecified atom stereocenters.